The number of aromatic nitrogens is 3. The molecular weight excluding hydrogens is 446 g/mol. The Kier molecular flexibility index (Phi) is 7.55. The summed E-state index contributed by atoms with van der Waals surface area (Å²) in [4.78, 5) is 36.6. The number of carbonyl (C=O) groups excluding carboxylic acids is 1. The number of hydrogen-bond acceptors (Lipinski definition) is 6. The molecule has 1 aliphatic rings. The zero-order valence-electron chi connectivity index (χ0n) is 20.8. The van der Waals surface area contributed by atoms with Crippen LogP contribution in [-0.4, -0.2) is 52.7 Å². The third kappa shape index (κ3) is 5.24. The lowest BCUT2D eigenvalue weighted by Gasteiger charge is -2.18. The predicted octanol–water partition coefficient (Wildman–Crippen LogP) is 2.45. The maximum Gasteiger partial charge on any atom is 0.257 e. The Labute approximate surface area is 205 Å². The molecule has 1 aliphatic heterocycles. The number of carbonyl (C=O) groups is 1. The van der Waals surface area contributed by atoms with E-state index in [-0.39, 0.29) is 11.5 Å². The molecule has 35 heavy (non-hydrogen) atoms. The van der Waals surface area contributed by atoms with Crippen molar-refractivity contribution in [3.8, 4) is 11.5 Å². The van der Waals surface area contributed by atoms with E-state index in [1.165, 1.54) is 13.2 Å². The number of rotatable bonds is 8. The fourth-order valence-electron chi connectivity index (χ4n) is 4.57. The smallest absolute Gasteiger partial charge is 0.257 e. The molecule has 0 saturated carbocycles. The lowest BCUT2D eigenvalue weighted by atomic mass is 10.1. The number of para-hydroxylation sites is 1. The molecule has 0 saturated heterocycles. The highest BCUT2D eigenvalue weighted by Gasteiger charge is 2.26. The number of pyridine rings is 1. The number of H-pyrrole nitrogens is 1. The molecule has 0 atom stereocenters. The van der Waals surface area contributed by atoms with E-state index in [2.05, 4.69) is 22.1 Å². The van der Waals surface area contributed by atoms with Gasteiger partial charge in [-0.25, -0.2) is 4.98 Å². The van der Waals surface area contributed by atoms with Crippen LogP contribution >= 0.6 is 0 Å². The Balaban J connectivity index is 1.57. The van der Waals surface area contributed by atoms with E-state index in [0.29, 0.717) is 61.9 Å². The van der Waals surface area contributed by atoms with Crippen molar-refractivity contribution in [2.24, 2.45) is 0 Å². The molecule has 1 amide bonds. The summed E-state index contributed by atoms with van der Waals surface area (Å²) in [5, 5.41) is 2.98. The Morgan fingerprint density at radius 1 is 1.14 bits per heavy atom. The molecule has 2 N–H and O–H groups in total. The van der Waals surface area contributed by atoms with E-state index in [4.69, 9.17) is 14.5 Å². The van der Waals surface area contributed by atoms with Crippen LogP contribution in [-0.2, 0) is 32.5 Å². The van der Waals surface area contributed by atoms with Crippen molar-refractivity contribution < 1.29 is 14.3 Å². The lowest BCUT2D eigenvalue weighted by molar-refractivity contribution is 0.0945. The average molecular weight is 480 g/mol. The number of aryl methyl sites for hydroxylation is 2. The molecule has 0 fully saturated rings. The van der Waals surface area contributed by atoms with Gasteiger partial charge in [0.2, 0.25) is 0 Å². The van der Waals surface area contributed by atoms with Crippen molar-refractivity contribution in [2.45, 2.75) is 46.3 Å². The largest absolute Gasteiger partial charge is 0.496 e. The van der Waals surface area contributed by atoms with Crippen LogP contribution in [0, 0.1) is 6.92 Å². The molecule has 0 unspecified atom stereocenters. The molecule has 186 valence electrons. The van der Waals surface area contributed by atoms with Gasteiger partial charge in [-0.05, 0) is 13.0 Å². The second kappa shape index (κ2) is 10.8. The summed E-state index contributed by atoms with van der Waals surface area (Å²) < 4.78 is 12.6. The monoisotopic (exact) mass is 479 g/mol. The summed E-state index contributed by atoms with van der Waals surface area (Å²) in [5.41, 5.74) is 3.90. The number of amides is 1. The number of imidazole rings is 1. The second-order valence-electron chi connectivity index (χ2n) is 8.65. The zero-order chi connectivity index (χ0) is 24.9. The maximum atomic E-state index is 13.4. The standard InChI is InChI=1S/C26H33N5O4/c1-5-23-28-17(2)19(29-23)16-30-11-10-20-25(22(35-4)14-24(32)31(20)13-12-30)26(33)27-15-18-8-6-7-9-21(18)34-3/h6-9,14H,5,10-13,15-16H2,1-4H3,(H,27,33)(H,28,29). The summed E-state index contributed by atoms with van der Waals surface area (Å²) in [6, 6.07) is 8.96. The van der Waals surface area contributed by atoms with Crippen LogP contribution in [0.15, 0.2) is 35.1 Å². The van der Waals surface area contributed by atoms with Gasteiger partial charge in [-0.2, -0.15) is 0 Å². The summed E-state index contributed by atoms with van der Waals surface area (Å²) >= 11 is 0. The number of nitrogens with zero attached hydrogens (tertiary/aromatic N) is 3. The number of hydrogen-bond donors (Lipinski definition) is 2. The van der Waals surface area contributed by atoms with Crippen LogP contribution in [0.5, 0.6) is 11.5 Å². The SMILES string of the molecule is CCc1nc(CN2CCc3c(C(=O)NCc4ccccc4OC)c(OC)cc(=O)n3CC2)c(C)[nH]1. The maximum absolute atomic E-state index is 13.4. The topological polar surface area (TPSA) is 101 Å². The molecule has 0 radical (unpaired) electrons. The van der Waals surface area contributed by atoms with Gasteiger partial charge in [-0.1, -0.05) is 25.1 Å². The minimum Gasteiger partial charge on any atom is -0.496 e. The van der Waals surface area contributed by atoms with Gasteiger partial charge in [0.1, 0.15) is 22.9 Å². The lowest BCUT2D eigenvalue weighted by Crippen LogP contribution is -2.31. The molecular formula is C26H33N5O4. The number of nitrogens with one attached hydrogen (secondary N) is 2. The first-order chi connectivity index (χ1) is 16.9. The number of benzene rings is 1. The quantitative estimate of drug-likeness (QED) is 0.515. The van der Waals surface area contributed by atoms with Gasteiger partial charge in [-0.3, -0.25) is 14.5 Å². The summed E-state index contributed by atoms with van der Waals surface area (Å²) in [6.07, 6.45) is 1.41. The number of ether oxygens (including phenoxy) is 2. The van der Waals surface area contributed by atoms with Crippen molar-refractivity contribution in [1.82, 2.24) is 24.8 Å². The minimum atomic E-state index is -0.277. The predicted molar refractivity (Wildman–Crippen MR) is 133 cm³/mol. The van der Waals surface area contributed by atoms with Crippen LogP contribution in [0.3, 0.4) is 0 Å². The number of fused-ring (bicyclic) bond motifs is 1. The molecule has 0 aliphatic carbocycles. The third-order valence-electron chi connectivity index (χ3n) is 6.51. The van der Waals surface area contributed by atoms with E-state index in [0.717, 1.165) is 29.2 Å². The molecule has 9 nitrogen and oxygen atoms in total. The normalized spacial score (nSPS) is 13.7. The molecule has 3 aromatic rings. The van der Waals surface area contributed by atoms with Crippen molar-refractivity contribution in [3.05, 3.63) is 74.7 Å². The van der Waals surface area contributed by atoms with Crippen LogP contribution in [0.1, 0.15) is 45.8 Å². The minimum absolute atomic E-state index is 0.163. The molecule has 0 bridgehead atoms. The van der Waals surface area contributed by atoms with E-state index in [1.807, 2.05) is 31.2 Å². The van der Waals surface area contributed by atoms with E-state index >= 15 is 0 Å². The Morgan fingerprint density at radius 3 is 2.63 bits per heavy atom. The van der Waals surface area contributed by atoms with E-state index in [1.54, 1.807) is 11.7 Å². The van der Waals surface area contributed by atoms with Gasteiger partial charge in [0.05, 0.1) is 19.9 Å². The summed E-state index contributed by atoms with van der Waals surface area (Å²) in [7, 11) is 3.09. The third-order valence-corrected chi connectivity index (χ3v) is 6.51. The zero-order valence-corrected chi connectivity index (χ0v) is 20.8. The van der Waals surface area contributed by atoms with Gasteiger partial charge in [0.15, 0.2) is 0 Å². The van der Waals surface area contributed by atoms with Crippen molar-refractivity contribution >= 4 is 5.91 Å². The summed E-state index contributed by atoms with van der Waals surface area (Å²) in [5.74, 6) is 1.70. The highest BCUT2D eigenvalue weighted by atomic mass is 16.5. The number of methoxy groups -OCH3 is 2. The number of aromatic amines is 1. The molecule has 3 heterocycles. The van der Waals surface area contributed by atoms with Crippen LogP contribution < -0.4 is 20.3 Å². The van der Waals surface area contributed by atoms with Gasteiger partial charge >= 0.3 is 0 Å². The molecule has 2 aromatic heterocycles. The highest BCUT2D eigenvalue weighted by Crippen LogP contribution is 2.24. The second-order valence-corrected chi connectivity index (χ2v) is 8.65. The first-order valence-electron chi connectivity index (χ1n) is 11.9. The molecule has 1 aromatic carbocycles. The van der Waals surface area contributed by atoms with Crippen molar-refractivity contribution in [2.75, 3.05) is 27.3 Å². The van der Waals surface area contributed by atoms with E-state index < -0.39 is 0 Å². The van der Waals surface area contributed by atoms with E-state index in [9.17, 15) is 9.59 Å². The Hall–Kier alpha value is -3.59. The first kappa shape index (κ1) is 24.5. The van der Waals surface area contributed by atoms with Gasteiger partial charge in [0, 0.05) is 68.6 Å². The Bertz CT molecular complexity index is 1260. The molecule has 4 rings (SSSR count). The fraction of sp³-hybridized carbons (Fsp3) is 0.423. The molecule has 9 heteroatoms. The highest BCUT2D eigenvalue weighted by molar-refractivity contribution is 5.98. The fourth-order valence-corrected chi connectivity index (χ4v) is 4.57. The van der Waals surface area contributed by atoms with Gasteiger partial charge < -0.3 is 24.3 Å². The van der Waals surface area contributed by atoms with Crippen molar-refractivity contribution in [3.63, 3.8) is 0 Å². The van der Waals surface area contributed by atoms with Crippen LogP contribution in [0.4, 0.5) is 0 Å². The van der Waals surface area contributed by atoms with Crippen LogP contribution in [0.25, 0.3) is 0 Å². The average Bonchev–Trinajstić information content (AvgIpc) is 3.09. The van der Waals surface area contributed by atoms with Gasteiger partial charge in [0.25, 0.3) is 11.5 Å². The van der Waals surface area contributed by atoms with Gasteiger partial charge in [-0.15, -0.1) is 0 Å². The Morgan fingerprint density at radius 2 is 1.91 bits per heavy atom. The van der Waals surface area contributed by atoms with Crippen LogP contribution in [0.2, 0.25) is 0 Å². The first-order valence-corrected chi connectivity index (χ1v) is 11.9. The van der Waals surface area contributed by atoms with Crippen molar-refractivity contribution in [1.29, 1.82) is 0 Å². The summed E-state index contributed by atoms with van der Waals surface area (Å²) in [6.45, 7) is 6.99. The molecule has 0 spiro atoms.